The smallest absolute Gasteiger partial charge is 0.303 e. The second-order valence-electron chi connectivity index (χ2n) is 5.08. The minimum atomic E-state index is -0.681. The molecule has 0 aromatic heterocycles. The van der Waals surface area contributed by atoms with Crippen LogP contribution in [-0.2, 0) is 9.53 Å². The molecule has 1 aliphatic rings. The summed E-state index contributed by atoms with van der Waals surface area (Å²) in [5.74, 6) is -0.681. The van der Waals surface area contributed by atoms with Crippen molar-refractivity contribution in [3.05, 3.63) is 0 Å². The van der Waals surface area contributed by atoms with Crippen molar-refractivity contribution in [1.29, 1.82) is 0 Å². The van der Waals surface area contributed by atoms with Crippen molar-refractivity contribution in [2.24, 2.45) is 0 Å². The summed E-state index contributed by atoms with van der Waals surface area (Å²) >= 11 is 0. The van der Waals surface area contributed by atoms with Crippen LogP contribution < -0.4 is 0 Å². The van der Waals surface area contributed by atoms with E-state index in [-0.39, 0.29) is 6.42 Å². The SMILES string of the molecule is CCCCOCCN1CCCCC1CCC(=O)O. The summed E-state index contributed by atoms with van der Waals surface area (Å²) in [7, 11) is 0. The van der Waals surface area contributed by atoms with Crippen molar-refractivity contribution < 1.29 is 14.6 Å². The second kappa shape index (κ2) is 9.34. The Bertz CT molecular complexity index is 233. The number of aliphatic carboxylic acids is 1. The van der Waals surface area contributed by atoms with Gasteiger partial charge in [0.25, 0.3) is 0 Å². The average Bonchev–Trinajstić information content (AvgIpc) is 2.37. The van der Waals surface area contributed by atoms with Crippen LogP contribution in [0.4, 0.5) is 0 Å². The zero-order valence-corrected chi connectivity index (χ0v) is 11.6. The number of rotatable bonds is 9. The van der Waals surface area contributed by atoms with Gasteiger partial charge in [0.15, 0.2) is 0 Å². The van der Waals surface area contributed by atoms with Crippen molar-refractivity contribution in [3.8, 4) is 0 Å². The maximum absolute atomic E-state index is 10.6. The van der Waals surface area contributed by atoms with Gasteiger partial charge < -0.3 is 9.84 Å². The van der Waals surface area contributed by atoms with Crippen LogP contribution in [0.5, 0.6) is 0 Å². The maximum atomic E-state index is 10.6. The van der Waals surface area contributed by atoms with Crippen LogP contribution in [0.1, 0.15) is 51.9 Å². The van der Waals surface area contributed by atoms with E-state index >= 15 is 0 Å². The summed E-state index contributed by atoms with van der Waals surface area (Å²) in [6, 6.07) is 0.449. The van der Waals surface area contributed by atoms with Gasteiger partial charge in [0, 0.05) is 25.6 Å². The summed E-state index contributed by atoms with van der Waals surface area (Å²) in [5.41, 5.74) is 0. The highest BCUT2D eigenvalue weighted by molar-refractivity contribution is 5.66. The van der Waals surface area contributed by atoms with E-state index in [9.17, 15) is 4.79 Å². The molecule has 1 aliphatic heterocycles. The van der Waals surface area contributed by atoms with Crippen LogP contribution in [0.3, 0.4) is 0 Å². The predicted molar refractivity (Wildman–Crippen MR) is 71.8 cm³/mol. The Morgan fingerprint density at radius 3 is 2.94 bits per heavy atom. The van der Waals surface area contributed by atoms with Crippen LogP contribution in [0.2, 0.25) is 0 Å². The van der Waals surface area contributed by atoms with Crippen molar-refractivity contribution >= 4 is 5.97 Å². The lowest BCUT2D eigenvalue weighted by molar-refractivity contribution is -0.137. The number of carboxylic acid groups (broad SMARTS) is 1. The van der Waals surface area contributed by atoms with Crippen LogP contribution >= 0.6 is 0 Å². The third kappa shape index (κ3) is 6.36. The zero-order chi connectivity index (χ0) is 13.2. The molecule has 1 heterocycles. The largest absolute Gasteiger partial charge is 0.481 e. The first-order valence-corrected chi connectivity index (χ1v) is 7.27. The number of hydrogen-bond donors (Lipinski definition) is 1. The average molecular weight is 257 g/mol. The lowest BCUT2D eigenvalue weighted by Gasteiger charge is -2.35. The van der Waals surface area contributed by atoms with Gasteiger partial charge in [0.2, 0.25) is 0 Å². The number of likely N-dealkylation sites (tertiary alicyclic amines) is 1. The molecule has 1 atom stereocenters. The van der Waals surface area contributed by atoms with E-state index in [1.54, 1.807) is 0 Å². The Kier molecular flexibility index (Phi) is 8.01. The maximum Gasteiger partial charge on any atom is 0.303 e. The molecule has 4 heteroatoms. The van der Waals surface area contributed by atoms with E-state index in [0.717, 1.165) is 45.6 Å². The van der Waals surface area contributed by atoms with Crippen molar-refractivity contribution in [1.82, 2.24) is 4.90 Å². The highest BCUT2D eigenvalue weighted by atomic mass is 16.5. The van der Waals surface area contributed by atoms with Gasteiger partial charge in [-0.15, -0.1) is 0 Å². The van der Waals surface area contributed by atoms with Crippen LogP contribution in [0.15, 0.2) is 0 Å². The number of piperidine rings is 1. The Labute approximate surface area is 110 Å². The minimum absolute atomic E-state index is 0.290. The molecule has 106 valence electrons. The number of carbonyl (C=O) groups is 1. The van der Waals surface area contributed by atoms with E-state index in [2.05, 4.69) is 11.8 Å². The van der Waals surface area contributed by atoms with E-state index in [4.69, 9.17) is 9.84 Å². The molecule has 0 amide bonds. The third-order valence-corrected chi connectivity index (χ3v) is 3.61. The Morgan fingerprint density at radius 2 is 2.22 bits per heavy atom. The molecule has 0 aromatic carbocycles. The zero-order valence-electron chi connectivity index (χ0n) is 11.6. The highest BCUT2D eigenvalue weighted by Crippen LogP contribution is 2.20. The predicted octanol–water partition coefficient (Wildman–Crippen LogP) is 2.52. The van der Waals surface area contributed by atoms with Gasteiger partial charge in [0.05, 0.1) is 6.61 Å². The molecule has 1 fully saturated rings. The first kappa shape index (κ1) is 15.4. The van der Waals surface area contributed by atoms with E-state index in [0.29, 0.717) is 6.04 Å². The minimum Gasteiger partial charge on any atom is -0.481 e. The van der Waals surface area contributed by atoms with Gasteiger partial charge in [-0.05, 0) is 32.2 Å². The summed E-state index contributed by atoms with van der Waals surface area (Å²) in [4.78, 5) is 13.1. The molecule has 0 saturated carbocycles. The van der Waals surface area contributed by atoms with Gasteiger partial charge in [-0.2, -0.15) is 0 Å². The monoisotopic (exact) mass is 257 g/mol. The topological polar surface area (TPSA) is 49.8 Å². The molecular weight excluding hydrogens is 230 g/mol. The fraction of sp³-hybridized carbons (Fsp3) is 0.929. The Balaban J connectivity index is 2.19. The normalized spacial score (nSPS) is 21.1. The van der Waals surface area contributed by atoms with E-state index < -0.39 is 5.97 Å². The molecule has 0 bridgehead atoms. The molecule has 1 N–H and O–H groups in total. The molecule has 0 aromatic rings. The lowest BCUT2D eigenvalue weighted by Crippen LogP contribution is -2.41. The number of hydrogen-bond acceptors (Lipinski definition) is 3. The molecule has 1 unspecified atom stereocenters. The fourth-order valence-electron chi connectivity index (χ4n) is 2.50. The summed E-state index contributed by atoms with van der Waals surface area (Å²) in [6.45, 7) is 5.85. The van der Waals surface area contributed by atoms with Crippen LogP contribution in [-0.4, -0.2) is 48.3 Å². The Hall–Kier alpha value is -0.610. The molecule has 4 nitrogen and oxygen atoms in total. The van der Waals surface area contributed by atoms with Gasteiger partial charge in [0.1, 0.15) is 0 Å². The number of nitrogens with zero attached hydrogens (tertiary/aromatic N) is 1. The van der Waals surface area contributed by atoms with Gasteiger partial charge in [-0.25, -0.2) is 0 Å². The first-order valence-electron chi connectivity index (χ1n) is 7.27. The molecule has 0 radical (unpaired) electrons. The van der Waals surface area contributed by atoms with E-state index in [1.165, 1.54) is 19.3 Å². The Morgan fingerprint density at radius 1 is 1.39 bits per heavy atom. The summed E-state index contributed by atoms with van der Waals surface area (Å²) in [5, 5.41) is 8.76. The summed E-state index contributed by atoms with van der Waals surface area (Å²) < 4.78 is 5.59. The van der Waals surface area contributed by atoms with Crippen molar-refractivity contribution in [2.45, 2.75) is 57.9 Å². The van der Waals surface area contributed by atoms with Gasteiger partial charge in [-0.3, -0.25) is 9.69 Å². The molecule has 18 heavy (non-hydrogen) atoms. The number of unbranched alkanes of at least 4 members (excludes halogenated alkanes) is 1. The van der Waals surface area contributed by atoms with Gasteiger partial charge >= 0.3 is 5.97 Å². The first-order chi connectivity index (χ1) is 8.74. The fourth-order valence-corrected chi connectivity index (χ4v) is 2.50. The van der Waals surface area contributed by atoms with Crippen molar-refractivity contribution in [3.63, 3.8) is 0 Å². The lowest BCUT2D eigenvalue weighted by atomic mass is 9.98. The van der Waals surface area contributed by atoms with E-state index in [1.807, 2.05) is 0 Å². The molecule has 1 rings (SSSR count). The van der Waals surface area contributed by atoms with Crippen LogP contribution in [0.25, 0.3) is 0 Å². The third-order valence-electron chi connectivity index (χ3n) is 3.61. The standard InChI is InChI=1S/C14H27NO3/c1-2-3-11-18-12-10-15-9-5-4-6-13(15)7-8-14(16)17/h13H,2-12H2,1H3,(H,16,17). The van der Waals surface area contributed by atoms with Crippen molar-refractivity contribution in [2.75, 3.05) is 26.3 Å². The van der Waals surface area contributed by atoms with Gasteiger partial charge in [-0.1, -0.05) is 19.8 Å². The number of carboxylic acids is 1. The molecule has 0 aliphatic carbocycles. The van der Waals surface area contributed by atoms with Crippen LogP contribution in [0, 0.1) is 0 Å². The summed E-state index contributed by atoms with van der Waals surface area (Å²) in [6.07, 6.45) is 6.98. The second-order valence-corrected chi connectivity index (χ2v) is 5.08. The molecule has 1 saturated heterocycles. The quantitative estimate of drug-likeness (QED) is 0.645. The highest BCUT2D eigenvalue weighted by Gasteiger charge is 2.22. The number of ether oxygens (including phenoxy) is 1. The molecule has 0 spiro atoms. The molecular formula is C14H27NO3.